The smallest absolute Gasteiger partial charge is 0.338 e. The molecule has 0 aromatic heterocycles. The number of carbonyl (C=O) groups is 2. The van der Waals surface area contributed by atoms with Gasteiger partial charge in [-0.2, -0.15) is 5.26 Å². The maximum absolute atomic E-state index is 12.3. The fourth-order valence-electron chi connectivity index (χ4n) is 2.84. The number of carbonyl (C=O) groups excluding carboxylic acids is 2. The second kappa shape index (κ2) is 9.71. The molecule has 7 nitrogen and oxygen atoms in total. The van der Waals surface area contributed by atoms with Gasteiger partial charge in [-0.25, -0.2) is 4.79 Å². The van der Waals surface area contributed by atoms with E-state index in [0.717, 1.165) is 19.4 Å². The molecule has 0 spiro atoms. The van der Waals surface area contributed by atoms with Crippen LogP contribution in [0.15, 0.2) is 48.5 Å². The van der Waals surface area contributed by atoms with Crippen molar-refractivity contribution in [3.63, 3.8) is 0 Å². The van der Waals surface area contributed by atoms with Crippen LogP contribution in [0.2, 0.25) is 0 Å². The largest absolute Gasteiger partial charge is 0.491 e. The minimum Gasteiger partial charge on any atom is -0.491 e. The van der Waals surface area contributed by atoms with Gasteiger partial charge in [0, 0.05) is 12.3 Å². The first-order valence-corrected chi connectivity index (χ1v) is 9.41. The highest BCUT2D eigenvalue weighted by Crippen LogP contribution is 2.17. The molecule has 7 heteroatoms. The summed E-state index contributed by atoms with van der Waals surface area (Å²) in [5.41, 5.74) is 1.21. The van der Waals surface area contributed by atoms with Crippen LogP contribution in [-0.2, 0) is 14.3 Å². The molecule has 1 fully saturated rings. The van der Waals surface area contributed by atoms with Gasteiger partial charge in [-0.1, -0.05) is 6.07 Å². The molecule has 1 aliphatic rings. The molecule has 2 atom stereocenters. The van der Waals surface area contributed by atoms with Crippen LogP contribution in [0, 0.1) is 11.3 Å². The zero-order chi connectivity index (χ0) is 20.6. The van der Waals surface area contributed by atoms with Gasteiger partial charge < -0.3 is 19.5 Å². The number of rotatable bonds is 7. The number of anilines is 1. The van der Waals surface area contributed by atoms with Gasteiger partial charge in [-0.15, -0.1) is 0 Å². The Hall–Kier alpha value is -3.37. The van der Waals surface area contributed by atoms with Crippen molar-refractivity contribution in [1.29, 1.82) is 5.26 Å². The maximum atomic E-state index is 12.3. The lowest BCUT2D eigenvalue weighted by atomic mass is 10.2. The molecular weight excluding hydrogens is 372 g/mol. The number of nitriles is 1. The molecule has 1 N–H and O–H groups in total. The third kappa shape index (κ3) is 5.80. The van der Waals surface area contributed by atoms with E-state index in [4.69, 9.17) is 19.5 Å². The molecular formula is C22H22N2O5. The number of nitrogens with one attached hydrogen (secondary N) is 1. The van der Waals surface area contributed by atoms with Crippen molar-refractivity contribution in [2.24, 2.45) is 0 Å². The molecule has 1 amide bonds. The second-order valence-electron chi connectivity index (χ2n) is 6.70. The minimum atomic E-state index is -0.997. The number of nitrogens with zero attached hydrogens (tertiary/aromatic N) is 1. The van der Waals surface area contributed by atoms with E-state index < -0.39 is 18.0 Å². The van der Waals surface area contributed by atoms with Crippen molar-refractivity contribution in [2.75, 3.05) is 18.5 Å². The first kappa shape index (κ1) is 20.4. The molecule has 3 rings (SSSR count). The number of esters is 1. The Bertz CT molecular complexity index is 898. The van der Waals surface area contributed by atoms with E-state index in [-0.39, 0.29) is 6.10 Å². The fourth-order valence-corrected chi connectivity index (χ4v) is 2.84. The summed E-state index contributed by atoms with van der Waals surface area (Å²) in [5, 5.41) is 11.5. The molecule has 0 unspecified atom stereocenters. The Balaban J connectivity index is 1.50. The number of hydrogen-bond acceptors (Lipinski definition) is 6. The van der Waals surface area contributed by atoms with Crippen molar-refractivity contribution in [1.82, 2.24) is 0 Å². The summed E-state index contributed by atoms with van der Waals surface area (Å²) < 4.78 is 16.4. The summed E-state index contributed by atoms with van der Waals surface area (Å²) in [6, 6.07) is 15.0. The standard InChI is InChI=1S/C22H22N2O5/c1-15(21(25)24-18-5-2-4-16(12-18)13-23)29-22(26)17-7-9-19(10-8-17)28-14-20-6-3-11-27-20/h2,4-5,7-10,12,15,20H,3,6,11,14H2,1H3,(H,24,25)/t15-,20-/m1/s1. The lowest BCUT2D eigenvalue weighted by Gasteiger charge is -2.14. The molecule has 0 bridgehead atoms. The van der Waals surface area contributed by atoms with Crippen molar-refractivity contribution < 1.29 is 23.8 Å². The Morgan fingerprint density at radius 3 is 2.76 bits per heavy atom. The van der Waals surface area contributed by atoms with Gasteiger partial charge in [0.1, 0.15) is 12.4 Å². The van der Waals surface area contributed by atoms with Crippen LogP contribution >= 0.6 is 0 Å². The lowest BCUT2D eigenvalue weighted by Crippen LogP contribution is -2.30. The first-order valence-electron chi connectivity index (χ1n) is 9.41. The Kier molecular flexibility index (Phi) is 6.82. The SMILES string of the molecule is C[C@@H](OC(=O)c1ccc(OC[C@H]2CCCO2)cc1)C(=O)Nc1cccc(C#N)c1. The van der Waals surface area contributed by atoms with Gasteiger partial charge in [0.15, 0.2) is 6.10 Å². The van der Waals surface area contributed by atoms with E-state index in [1.54, 1.807) is 48.5 Å². The average molecular weight is 394 g/mol. The Morgan fingerprint density at radius 1 is 1.28 bits per heavy atom. The molecule has 2 aromatic carbocycles. The molecule has 29 heavy (non-hydrogen) atoms. The number of hydrogen-bond donors (Lipinski definition) is 1. The van der Waals surface area contributed by atoms with Crippen LogP contribution in [0.4, 0.5) is 5.69 Å². The van der Waals surface area contributed by atoms with Gasteiger partial charge in [0.25, 0.3) is 5.91 Å². The predicted octanol–water partition coefficient (Wildman–Crippen LogP) is 3.30. The van der Waals surface area contributed by atoms with Crippen molar-refractivity contribution >= 4 is 17.6 Å². The van der Waals surface area contributed by atoms with Crippen LogP contribution in [0.5, 0.6) is 5.75 Å². The number of amides is 1. The third-order valence-corrected chi connectivity index (χ3v) is 4.46. The van der Waals surface area contributed by atoms with E-state index >= 15 is 0 Å². The van der Waals surface area contributed by atoms with Gasteiger partial charge in [-0.05, 0) is 62.2 Å². The first-order chi connectivity index (χ1) is 14.0. The number of benzene rings is 2. The van der Waals surface area contributed by atoms with Crippen molar-refractivity contribution in [3.05, 3.63) is 59.7 Å². The van der Waals surface area contributed by atoms with Crippen molar-refractivity contribution in [2.45, 2.75) is 32.0 Å². The van der Waals surface area contributed by atoms with Crippen LogP contribution in [-0.4, -0.2) is 37.3 Å². The quantitative estimate of drug-likeness (QED) is 0.724. The monoisotopic (exact) mass is 394 g/mol. The summed E-state index contributed by atoms with van der Waals surface area (Å²) in [7, 11) is 0. The summed E-state index contributed by atoms with van der Waals surface area (Å²) in [6.07, 6.45) is 1.16. The normalized spacial score (nSPS) is 16.5. The van der Waals surface area contributed by atoms with Crippen LogP contribution in [0.1, 0.15) is 35.7 Å². The van der Waals surface area contributed by atoms with E-state index in [1.807, 2.05) is 6.07 Å². The highest BCUT2D eigenvalue weighted by Gasteiger charge is 2.20. The van der Waals surface area contributed by atoms with Crippen LogP contribution < -0.4 is 10.1 Å². The molecule has 0 saturated carbocycles. The van der Waals surface area contributed by atoms with Crippen LogP contribution in [0.3, 0.4) is 0 Å². The minimum absolute atomic E-state index is 0.118. The van der Waals surface area contributed by atoms with E-state index in [9.17, 15) is 9.59 Å². The summed E-state index contributed by atoms with van der Waals surface area (Å²) in [6.45, 7) is 2.74. The molecule has 0 radical (unpaired) electrons. The Morgan fingerprint density at radius 2 is 2.07 bits per heavy atom. The Labute approximate surface area is 169 Å². The van der Waals surface area contributed by atoms with Gasteiger partial charge >= 0.3 is 5.97 Å². The zero-order valence-corrected chi connectivity index (χ0v) is 16.1. The molecule has 1 saturated heterocycles. The summed E-state index contributed by atoms with van der Waals surface area (Å²) in [4.78, 5) is 24.5. The molecule has 1 heterocycles. The van der Waals surface area contributed by atoms with E-state index in [1.165, 1.54) is 6.92 Å². The van der Waals surface area contributed by atoms with Crippen molar-refractivity contribution in [3.8, 4) is 11.8 Å². The maximum Gasteiger partial charge on any atom is 0.338 e. The molecule has 2 aromatic rings. The zero-order valence-electron chi connectivity index (χ0n) is 16.1. The van der Waals surface area contributed by atoms with Gasteiger partial charge in [0.2, 0.25) is 0 Å². The third-order valence-electron chi connectivity index (χ3n) is 4.46. The van der Waals surface area contributed by atoms with Crippen LogP contribution in [0.25, 0.3) is 0 Å². The van der Waals surface area contributed by atoms with Gasteiger partial charge in [-0.3, -0.25) is 4.79 Å². The van der Waals surface area contributed by atoms with E-state index in [2.05, 4.69) is 5.32 Å². The molecule has 0 aliphatic carbocycles. The molecule has 1 aliphatic heterocycles. The predicted molar refractivity (Wildman–Crippen MR) is 106 cm³/mol. The lowest BCUT2D eigenvalue weighted by molar-refractivity contribution is -0.123. The highest BCUT2D eigenvalue weighted by atomic mass is 16.5. The van der Waals surface area contributed by atoms with E-state index in [0.29, 0.717) is 29.2 Å². The number of ether oxygens (including phenoxy) is 3. The second-order valence-corrected chi connectivity index (χ2v) is 6.70. The summed E-state index contributed by atoms with van der Waals surface area (Å²) >= 11 is 0. The highest BCUT2D eigenvalue weighted by molar-refractivity contribution is 5.97. The van der Waals surface area contributed by atoms with Gasteiger partial charge in [0.05, 0.1) is 23.3 Å². The topological polar surface area (TPSA) is 97.7 Å². The average Bonchev–Trinajstić information content (AvgIpc) is 3.26. The molecule has 150 valence electrons. The summed E-state index contributed by atoms with van der Waals surface area (Å²) in [5.74, 6) is -0.450. The fraction of sp³-hybridized carbons (Fsp3) is 0.318.